The van der Waals surface area contributed by atoms with E-state index in [1.807, 2.05) is 0 Å². The van der Waals surface area contributed by atoms with E-state index in [1.165, 1.54) is 23.9 Å². The quantitative estimate of drug-likeness (QED) is 0.298. The first-order valence-corrected chi connectivity index (χ1v) is 11.4. The van der Waals surface area contributed by atoms with Gasteiger partial charge in [-0.3, -0.25) is 9.59 Å². The van der Waals surface area contributed by atoms with Crippen LogP contribution in [0.3, 0.4) is 0 Å². The second kappa shape index (κ2) is 8.87. The number of fused-ring (bicyclic) bond motifs is 1. The number of primary amides is 1. The summed E-state index contributed by atoms with van der Waals surface area (Å²) in [6.45, 7) is 0.0895. The van der Waals surface area contributed by atoms with E-state index in [1.54, 1.807) is 24.4 Å². The fraction of sp³-hybridized carbons (Fsp3) is 0.240. The summed E-state index contributed by atoms with van der Waals surface area (Å²) < 4.78 is 47.0. The van der Waals surface area contributed by atoms with E-state index in [0.717, 1.165) is 6.07 Å². The van der Waals surface area contributed by atoms with Gasteiger partial charge in [0.05, 0.1) is 24.2 Å². The van der Waals surface area contributed by atoms with Crippen LogP contribution < -0.4 is 21.5 Å². The molecule has 0 saturated heterocycles. The van der Waals surface area contributed by atoms with Crippen LogP contribution in [0.15, 0.2) is 42.6 Å². The van der Waals surface area contributed by atoms with Crippen molar-refractivity contribution in [1.29, 1.82) is 0 Å². The van der Waals surface area contributed by atoms with Gasteiger partial charge in [0.2, 0.25) is 0 Å². The van der Waals surface area contributed by atoms with Gasteiger partial charge in [-0.25, -0.2) is 17.9 Å². The number of amides is 2. The van der Waals surface area contributed by atoms with Gasteiger partial charge in [-0.05, 0) is 29.8 Å². The fourth-order valence-corrected chi connectivity index (χ4v) is 4.66. The number of ether oxygens (including phenoxy) is 1. The highest BCUT2D eigenvalue weighted by Crippen LogP contribution is 2.47. The minimum atomic E-state index is -2.80. The second-order valence-corrected chi connectivity index (χ2v) is 8.90. The zero-order valence-corrected chi connectivity index (χ0v) is 19.6. The number of anilines is 1. The number of hydrogen-bond donors (Lipinski definition) is 4. The third kappa shape index (κ3) is 4.24. The van der Waals surface area contributed by atoms with Crippen LogP contribution in [0.2, 0.25) is 0 Å². The van der Waals surface area contributed by atoms with Crippen LogP contribution >= 0.6 is 0 Å². The lowest BCUT2D eigenvalue weighted by atomic mass is 9.88. The van der Waals surface area contributed by atoms with Crippen LogP contribution in [0.4, 0.5) is 19.0 Å². The molecule has 2 aromatic carbocycles. The van der Waals surface area contributed by atoms with E-state index in [9.17, 15) is 22.8 Å². The Bertz CT molecular complexity index is 1540. The number of benzene rings is 2. The van der Waals surface area contributed by atoms with E-state index in [4.69, 9.17) is 16.2 Å². The van der Waals surface area contributed by atoms with Gasteiger partial charge in [0, 0.05) is 36.5 Å². The number of nitrogens with two attached hydrogens (primary N) is 2. The Balaban J connectivity index is 1.47. The number of H-pyrrole nitrogens is 1. The average molecular weight is 512 g/mol. The molecular formula is C25H23F3N6O3. The number of hydrogen-bond acceptors (Lipinski definition) is 5. The Morgan fingerprint density at radius 3 is 2.68 bits per heavy atom. The SMILES string of the molecule is COc1ccc(F)cc1C(=O)NCc1ccc(-c2nn(C3CC(F)(F)C3)c(N)c2C(N)=O)c2cc[nH]c12. The van der Waals surface area contributed by atoms with Gasteiger partial charge in [0.15, 0.2) is 0 Å². The van der Waals surface area contributed by atoms with E-state index in [0.29, 0.717) is 22.0 Å². The van der Waals surface area contributed by atoms with E-state index < -0.39 is 42.4 Å². The lowest BCUT2D eigenvalue weighted by Crippen LogP contribution is -2.38. The number of halogens is 3. The van der Waals surface area contributed by atoms with Crippen molar-refractivity contribution >= 4 is 28.5 Å². The molecule has 6 N–H and O–H groups in total. The fourth-order valence-electron chi connectivity index (χ4n) is 4.66. The van der Waals surface area contributed by atoms with Crippen molar-refractivity contribution in [2.24, 2.45) is 5.73 Å². The summed E-state index contributed by atoms with van der Waals surface area (Å²) in [6, 6.07) is 8.17. The number of nitrogens with zero attached hydrogens (tertiary/aromatic N) is 2. The molecule has 2 heterocycles. The van der Waals surface area contributed by atoms with Gasteiger partial charge < -0.3 is 26.5 Å². The van der Waals surface area contributed by atoms with E-state index in [2.05, 4.69) is 15.4 Å². The number of carbonyl (C=O) groups excluding carboxylic acids is 2. The van der Waals surface area contributed by atoms with Crippen molar-refractivity contribution in [3.63, 3.8) is 0 Å². The Hall–Kier alpha value is -4.48. The Kier molecular flexibility index (Phi) is 5.81. The highest BCUT2D eigenvalue weighted by Gasteiger charge is 2.48. The lowest BCUT2D eigenvalue weighted by Gasteiger charge is -2.35. The Morgan fingerprint density at radius 2 is 2.00 bits per heavy atom. The van der Waals surface area contributed by atoms with Gasteiger partial charge in [-0.1, -0.05) is 12.1 Å². The molecule has 0 bridgehead atoms. The molecule has 0 unspecified atom stereocenters. The largest absolute Gasteiger partial charge is 0.496 e. The molecule has 0 aliphatic heterocycles. The van der Waals surface area contributed by atoms with Crippen molar-refractivity contribution in [2.45, 2.75) is 31.4 Å². The molecule has 1 saturated carbocycles. The number of aromatic nitrogens is 3. The number of nitrogens with one attached hydrogen (secondary N) is 2. The number of alkyl halides is 2. The van der Waals surface area contributed by atoms with Crippen molar-refractivity contribution < 1.29 is 27.5 Å². The monoisotopic (exact) mass is 512 g/mol. The van der Waals surface area contributed by atoms with Gasteiger partial charge in [0.25, 0.3) is 17.7 Å². The molecule has 12 heteroatoms. The van der Waals surface area contributed by atoms with Crippen molar-refractivity contribution in [2.75, 3.05) is 12.8 Å². The average Bonchev–Trinajstić information content (AvgIpc) is 3.45. The summed E-state index contributed by atoms with van der Waals surface area (Å²) in [4.78, 5) is 28.1. The summed E-state index contributed by atoms with van der Waals surface area (Å²) in [7, 11) is 1.39. The summed E-state index contributed by atoms with van der Waals surface area (Å²) in [6.07, 6.45) is 0.821. The molecule has 192 valence electrons. The predicted octanol–water partition coefficient (Wildman–Crippen LogP) is 3.76. The van der Waals surface area contributed by atoms with Crippen molar-refractivity contribution in [3.05, 3.63) is 65.1 Å². The molecule has 9 nitrogen and oxygen atoms in total. The molecule has 37 heavy (non-hydrogen) atoms. The summed E-state index contributed by atoms with van der Waals surface area (Å²) >= 11 is 0. The first-order valence-electron chi connectivity index (χ1n) is 11.4. The summed E-state index contributed by atoms with van der Waals surface area (Å²) in [5.41, 5.74) is 13.8. The molecule has 0 atom stereocenters. The van der Waals surface area contributed by atoms with Gasteiger partial charge in [0.1, 0.15) is 28.6 Å². The minimum absolute atomic E-state index is 0.0445. The van der Waals surface area contributed by atoms with E-state index in [-0.39, 0.29) is 34.9 Å². The molecule has 1 aliphatic rings. The van der Waals surface area contributed by atoms with Crippen LogP contribution in [0.25, 0.3) is 22.2 Å². The molecule has 1 fully saturated rings. The third-order valence-electron chi connectivity index (χ3n) is 6.52. The molecule has 4 aromatic rings. The minimum Gasteiger partial charge on any atom is -0.496 e. The van der Waals surface area contributed by atoms with Gasteiger partial charge >= 0.3 is 0 Å². The Morgan fingerprint density at radius 1 is 1.24 bits per heavy atom. The number of nitrogen functional groups attached to an aromatic ring is 1. The molecule has 2 amide bonds. The molecule has 0 spiro atoms. The molecule has 0 radical (unpaired) electrons. The first-order chi connectivity index (χ1) is 17.6. The van der Waals surface area contributed by atoms with Crippen molar-refractivity contribution in [1.82, 2.24) is 20.1 Å². The third-order valence-corrected chi connectivity index (χ3v) is 6.52. The smallest absolute Gasteiger partial charge is 0.255 e. The predicted molar refractivity (Wildman–Crippen MR) is 130 cm³/mol. The maximum absolute atomic E-state index is 13.7. The molecule has 1 aliphatic carbocycles. The van der Waals surface area contributed by atoms with Crippen LogP contribution in [-0.4, -0.2) is 39.6 Å². The number of carbonyl (C=O) groups is 2. The zero-order chi connectivity index (χ0) is 26.5. The maximum Gasteiger partial charge on any atom is 0.255 e. The number of methoxy groups -OCH3 is 1. The van der Waals surface area contributed by atoms with Gasteiger partial charge in [-0.2, -0.15) is 5.10 Å². The van der Waals surface area contributed by atoms with Crippen LogP contribution in [0.1, 0.15) is 45.2 Å². The summed E-state index contributed by atoms with van der Waals surface area (Å²) in [5.74, 6) is -4.56. The lowest BCUT2D eigenvalue weighted by molar-refractivity contribution is -0.106. The summed E-state index contributed by atoms with van der Waals surface area (Å²) in [5, 5.41) is 7.82. The molecule has 2 aromatic heterocycles. The molecule has 5 rings (SSSR count). The second-order valence-electron chi connectivity index (χ2n) is 8.90. The highest BCUT2D eigenvalue weighted by molar-refractivity contribution is 6.07. The standard InChI is InChI=1S/C25H23F3N6O3/c1-37-18-5-3-13(26)8-17(18)24(36)32-11-12-2-4-15(16-6-7-31-20(12)16)21-19(23(30)35)22(29)34(33-21)14-9-25(27,28)10-14/h2-8,14,31H,9-11,29H2,1H3,(H2,30,35)(H,32,36). The van der Waals surface area contributed by atoms with Crippen LogP contribution in [0.5, 0.6) is 5.75 Å². The molecular weight excluding hydrogens is 489 g/mol. The number of rotatable bonds is 7. The maximum atomic E-state index is 13.7. The van der Waals surface area contributed by atoms with Crippen LogP contribution in [-0.2, 0) is 6.54 Å². The van der Waals surface area contributed by atoms with Gasteiger partial charge in [-0.15, -0.1) is 0 Å². The normalized spacial score (nSPS) is 14.9. The van der Waals surface area contributed by atoms with Crippen molar-refractivity contribution in [3.8, 4) is 17.0 Å². The topological polar surface area (TPSA) is 141 Å². The number of aromatic amines is 1. The highest BCUT2D eigenvalue weighted by atomic mass is 19.3. The van der Waals surface area contributed by atoms with Crippen LogP contribution in [0, 0.1) is 5.82 Å². The first kappa shape index (κ1) is 24.2. The zero-order valence-electron chi connectivity index (χ0n) is 19.6. The van der Waals surface area contributed by atoms with E-state index >= 15 is 0 Å². The Labute approximate surface area is 208 Å².